The Morgan fingerprint density at radius 1 is 1.33 bits per heavy atom. The van der Waals surface area contributed by atoms with Crippen LogP contribution in [0.1, 0.15) is 24.2 Å². The number of halogens is 1. The first-order valence-corrected chi connectivity index (χ1v) is 7.12. The zero-order valence-electron chi connectivity index (χ0n) is 12.1. The van der Waals surface area contributed by atoms with Crippen LogP contribution in [0.2, 0.25) is 0 Å². The standard InChI is InChI=1S/C14H18BrNO5/c1-8(2)21-11-5-9(4-10(15)6-11)13(17)16-12(7-20-3)14(18)19/h4-6,8,12H,7H2,1-3H3,(H,16,17)(H,18,19). The van der Waals surface area contributed by atoms with Crippen molar-refractivity contribution in [2.75, 3.05) is 13.7 Å². The van der Waals surface area contributed by atoms with Gasteiger partial charge in [0.25, 0.3) is 5.91 Å². The number of carbonyl (C=O) groups excluding carboxylic acids is 1. The molecule has 0 bridgehead atoms. The smallest absolute Gasteiger partial charge is 0.328 e. The van der Waals surface area contributed by atoms with Gasteiger partial charge in [0.1, 0.15) is 5.75 Å². The van der Waals surface area contributed by atoms with Crippen LogP contribution < -0.4 is 10.1 Å². The Morgan fingerprint density at radius 3 is 2.52 bits per heavy atom. The lowest BCUT2D eigenvalue weighted by atomic mass is 10.2. The van der Waals surface area contributed by atoms with Crippen molar-refractivity contribution in [1.29, 1.82) is 0 Å². The highest BCUT2D eigenvalue weighted by Gasteiger charge is 2.21. The van der Waals surface area contributed by atoms with Crippen LogP contribution in [-0.4, -0.2) is 42.8 Å². The second kappa shape index (κ2) is 7.99. The number of benzene rings is 1. The fraction of sp³-hybridized carbons (Fsp3) is 0.429. The Labute approximate surface area is 131 Å². The highest BCUT2D eigenvalue weighted by atomic mass is 79.9. The Kier molecular flexibility index (Phi) is 6.64. The van der Waals surface area contributed by atoms with Crippen LogP contribution in [0, 0.1) is 0 Å². The molecule has 21 heavy (non-hydrogen) atoms. The van der Waals surface area contributed by atoms with E-state index in [1.807, 2.05) is 13.8 Å². The van der Waals surface area contributed by atoms with Crippen LogP contribution in [0.15, 0.2) is 22.7 Å². The predicted octanol–water partition coefficient (Wildman–Crippen LogP) is 2.07. The van der Waals surface area contributed by atoms with Gasteiger partial charge in [-0.25, -0.2) is 4.79 Å². The maximum Gasteiger partial charge on any atom is 0.328 e. The average Bonchev–Trinajstić information content (AvgIpc) is 2.36. The van der Waals surface area contributed by atoms with Gasteiger partial charge in [-0.3, -0.25) is 4.79 Å². The number of aliphatic carboxylic acids is 1. The van der Waals surface area contributed by atoms with Crippen molar-refractivity contribution in [1.82, 2.24) is 5.32 Å². The van der Waals surface area contributed by atoms with Crippen molar-refractivity contribution in [3.63, 3.8) is 0 Å². The Balaban J connectivity index is 2.90. The molecule has 1 amide bonds. The summed E-state index contributed by atoms with van der Waals surface area (Å²) in [7, 11) is 1.37. The van der Waals surface area contributed by atoms with Gasteiger partial charge in [0, 0.05) is 17.1 Å². The minimum atomic E-state index is -1.15. The molecule has 116 valence electrons. The molecular weight excluding hydrogens is 342 g/mol. The number of carbonyl (C=O) groups is 2. The van der Waals surface area contributed by atoms with Crippen LogP contribution in [0.25, 0.3) is 0 Å². The van der Waals surface area contributed by atoms with Crippen LogP contribution in [-0.2, 0) is 9.53 Å². The number of carboxylic acid groups (broad SMARTS) is 1. The molecule has 0 aliphatic heterocycles. The Bertz CT molecular complexity index is 518. The zero-order chi connectivity index (χ0) is 16.0. The molecule has 7 heteroatoms. The third-order valence-corrected chi connectivity index (χ3v) is 2.90. The molecule has 1 atom stereocenters. The van der Waals surface area contributed by atoms with Crippen LogP contribution in [0.5, 0.6) is 5.75 Å². The van der Waals surface area contributed by atoms with E-state index in [1.165, 1.54) is 7.11 Å². The first-order chi connectivity index (χ1) is 9.83. The van der Waals surface area contributed by atoms with Crippen LogP contribution >= 0.6 is 15.9 Å². The van der Waals surface area contributed by atoms with Gasteiger partial charge in [-0.1, -0.05) is 15.9 Å². The van der Waals surface area contributed by atoms with E-state index >= 15 is 0 Å². The molecule has 0 heterocycles. The monoisotopic (exact) mass is 359 g/mol. The summed E-state index contributed by atoms with van der Waals surface area (Å²) in [6, 6.07) is 3.79. The summed E-state index contributed by atoms with van der Waals surface area (Å²) in [5.41, 5.74) is 0.308. The topological polar surface area (TPSA) is 84.9 Å². The van der Waals surface area contributed by atoms with E-state index in [4.69, 9.17) is 14.6 Å². The number of hydrogen-bond donors (Lipinski definition) is 2. The van der Waals surface area contributed by atoms with Crippen LogP contribution in [0.3, 0.4) is 0 Å². The van der Waals surface area contributed by atoms with Gasteiger partial charge in [0.2, 0.25) is 0 Å². The number of carboxylic acids is 1. The first-order valence-electron chi connectivity index (χ1n) is 6.33. The lowest BCUT2D eigenvalue weighted by Crippen LogP contribution is -2.43. The van der Waals surface area contributed by atoms with Gasteiger partial charge in [0.05, 0.1) is 12.7 Å². The number of ether oxygens (including phenoxy) is 2. The molecule has 0 radical (unpaired) electrons. The molecule has 1 aromatic rings. The van der Waals surface area contributed by atoms with Crippen molar-refractivity contribution >= 4 is 27.8 Å². The van der Waals surface area contributed by atoms with E-state index in [-0.39, 0.29) is 12.7 Å². The fourth-order valence-electron chi connectivity index (χ4n) is 1.62. The van der Waals surface area contributed by atoms with E-state index in [0.717, 1.165) is 0 Å². The van der Waals surface area contributed by atoms with Gasteiger partial charge in [-0.2, -0.15) is 0 Å². The quantitative estimate of drug-likeness (QED) is 0.778. The highest BCUT2D eigenvalue weighted by molar-refractivity contribution is 9.10. The van der Waals surface area contributed by atoms with Gasteiger partial charge < -0.3 is 19.9 Å². The lowest BCUT2D eigenvalue weighted by Gasteiger charge is -2.15. The largest absolute Gasteiger partial charge is 0.491 e. The van der Waals surface area contributed by atoms with E-state index in [1.54, 1.807) is 18.2 Å². The molecule has 0 saturated heterocycles. The minimum absolute atomic E-state index is 0.0320. The summed E-state index contributed by atoms with van der Waals surface area (Å²) >= 11 is 3.30. The zero-order valence-corrected chi connectivity index (χ0v) is 13.6. The van der Waals surface area contributed by atoms with E-state index in [9.17, 15) is 9.59 Å². The summed E-state index contributed by atoms with van der Waals surface area (Å²) in [6.07, 6.45) is -0.0320. The number of hydrogen-bond acceptors (Lipinski definition) is 4. The summed E-state index contributed by atoms with van der Waals surface area (Å²) in [5.74, 6) is -1.13. The number of methoxy groups -OCH3 is 1. The maximum atomic E-state index is 12.1. The molecule has 0 aliphatic carbocycles. The second-order valence-corrected chi connectivity index (χ2v) is 5.58. The summed E-state index contributed by atoms with van der Waals surface area (Å²) in [4.78, 5) is 23.1. The molecule has 0 aliphatic rings. The molecule has 0 spiro atoms. The third-order valence-electron chi connectivity index (χ3n) is 2.44. The average molecular weight is 360 g/mol. The minimum Gasteiger partial charge on any atom is -0.491 e. The van der Waals surface area contributed by atoms with Gasteiger partial charge in [0.15, 0.2) is 6.04 Å². The molecule has 6 nitrogen and oxygen atoms in total. The third kappa shape index (κ3) is 5.73. The maximum absolute atomic E-state index is 12.1. The Morgan fingerprint density at radius 2 is 2.00 bits per heavy atom. The summed E-state index contributed by atoms with van der Waals surface area (Å²) in [6.45, 7) is 3.64. The lowest BCUT2D eigenvalue weighted by molar-refractivity contribution is -0.140. The Hall–Kier alpha value is -1.60. The van der Waals surface area contributed by atoms with Gasteiger partial charge in [-0.15, -0.1) is 0 Å². The number of amides is 1. The molecular formula is C14H18BrNO5. The molecule has 1 aromatic carbocycles. The molecule has 0 fully saturated rings. The van der Waals surface area contributed by atoms with Crippen LogP contribution in [0.4, 0.5) is 0 Å². The number of rotatable bonds is 7. The van der Waals surface area contributed by atoms with Crippen molar-refractivity contribution in [2.45, 2.75) is 26.0 Å². The highest BCUT2D eigenvalue weighted by Crippen LogP contribution is 2.22. The van der Waals surface area contributed by atoms with Crippen molar-refractivity contribution in [2.24, 2.45) is 0 Å². The summed E-state index contributed by atoms with van der Waals surface area (Å²) < 4.78 is 11.0. The normalized spacial score (nSPS) is 12.0. The van der Waals surface area contributed by atoms with E-state index in [2.05, 4.69) is 21.2 Å². The first kappa shape index (κ1) is 17.5. The molecule has 1 rings (SSSR count). The second-order valence-electron chi connectivity index (χ2n) is 4.66. The molecule has 0 saturated carbocycles. The molecule has 0 aromatic heterocycles. The summed E-state index contributed by atoms with van der Waals surface area (Å²) in [5, 5.41) is 11.4. The van der Waals surface area contributed by atoms with Gasteiger partial charge in [-0.05, 0) is 32.0 Å². The van der Waals surface area contributed by atoms with Gasteiger partial charge >= 0.3 is 5.97 Å². The van der Waals surface area contributed by atoms with Crippen molar-refractivity contribution in [3.05, 3.63) is 28.2 Å². The van der Waals surface area contributed by atoms with E-state index in [0.29, 0.717) is 15.8 Å². The molecule has 2 N–H and O–H groups in total. The van der Waals surface area contributed by atoms with Crippen molar-refractivity contribution in [3.8, 4) is 5.75 Å². The van der Waals surface area contributed by atoms with Crippen molar-refractivity contribution < 1.29 is 24.2 Å². The number of nitrogens with one attached hydrogen (secondary N) is 1. The SMILES string of the molecule is COCC(NC(=O)c1cc(Br)cc(OC(C)C)c1)C(=O)O. The molecule has 1 unspecified atom stereocenters. The van der Waals surface area contributed by atoms with E-state index < -0.39 is 17.9 Å². The fourth-order valence-corrected chi connectivity index (χ4v) is 2.09. The predicted molar refractivity (Wildman–Crippen MR) is 80.7 cm³/mol.